The van der Waals surface area contributed by atoms with Gasteiger partial charge in [0.15, 0.2) is 0 Å². The number of aliphatic hydroxyl groups excluding tert-OH is 1. The van der Waals surface area contributed by atoms with Gasteiger partial charge >= 0.3 is 0 Å². The first kappa shape index (κ1) is 11.2. The largest absolute Gasteiger partial charge is 0.389 e. The standard InChI is InChI=1S/C14H19NO/c1-11-7-9-15(10-8-11)14-5-3-13(4-6-14)12(2)16/h3-7,12,16H,8-10H2,1-2H3/t12-/m1/s1. The molecule has 1 aromatic rings. The van der Waals surface area contributed by atoms with Crippen molar-refractivity contribution in [3.63, 3.8) is 0 Å². The van der Waals surface area contributed by atoms with E-state index in [-0.39, 0.29) is 6.10 Å². The second kappa shape index (κ2) is 4.71. The van der Waals surface area contributed by atoms with Crippen molar-refractivity contribution in [1.82, 2.24) is 0 Å². The second-order valence-corrected chi connectivity index (χ2v) is 4.51. The van der Waals surface area contributed by atoms with Crippen molar-refractivity contribution in [2.24, 2.45) is 0 Å². The van der Waals surface area contributed by atoms with Crippen molar-refractivity contribution in [2.75, 3.05) is 18.0 Å². The van der Waals surface area contributed by atoms with Crippen LogP contribution in [0.2, 0.25) is 0 Å². The Hall–Kier alpha value is -1.28. The van der Waals surface area contributed by atoms with E-state index in [9.17, 15) is 5.11 Å². The van der Waals surface area contributed by atoms with Crippen LogP contribution in [-0.4, -0.2) is 18.2 Å². The highest BCUT2D eigenvalue weighted by atomic mass is 16.3. The van der Waals surface area contributed by atoms with E-state index in [1.54, 1.807) is 6.92 Å². The van der Waals surface area contributed by atoms with Gasteiger partial charge in [-0.1, -0.05) is 23.8 Å². The summed E-state index contributed by atoms with van der Waals surface area (Å²) < 4.78 is 0. The topological polar surface area (TPSA) is 23.5 Å². The van der Waals surface area contributed by atoms with Gasteiger partial charge < -0.3 is 10.0 Å². The van der Waals surface area contributed by atoms with Crippen molar-refractivity contribution >= 4 is 5.69 Å². The molecular weight excluding hydrogens is 198 g/mol. The van der Waals surface area contributed by atoms with Crippen LogP contribution in [-0.2, 0) is 0 Å². The lowest BCUT2D eigenvalue weighted by atomic mass is 10.1. The molecule has 2 nitrogen and oxygen atoms in total. The molecule has 0 saturated carbocycles. The van der Waals surface area contributed by atoms with Gasteiger partial charge in [0, 0.05) is 18.8 Å². The minimum absolute atomic E-state index is 0.377. The Kier molecular flexibility index (Phi) is 3.30. The Labute approximate surface area is 97.2 Å². The van der Waals surface area contributed by atoms with Gasteiger partial charge in [0.1, 0.15) is 0 Å². The van der Waals surface area contributed by atoms with E-state index < -0.39 is 0 Å². The molecule has 1 aliphatic heterocycles. The van der Waals surface area contributed by atoms with Gasteiger partial charge in [-0.3, -0.25) is 0 Å². The summed E-state index contributed by atoms with van der Waals surface area (Å²) in [6.45, 7) is 6.08. The first-order chi connectivity index (χ1) is 7.66. The lowest BCUT2D eigenvalue weighted by Crippen LogP contribution is -2.27. The minimum Gasteiger partial charge on any atom is -0.389 e. The van der Waals surface area contributed by atoms with Gasteiger partial charge in [0.25, 0.3) is 0 Å². The van der Waals surface area contributed by atoms with E-state index in [1.165, 1.54) is 11.3 Å². The first-order valence-electron chi connectivity index (χ1n) is 5.85. The zero-order chi connectivity index (χ0) is 11.5. The van der Waals surface area contributed by atoms with E-state index in [0.29, 0.717) is 0 Å². The molecule has 16 heavy (non-hydrogen) atoms. The van der Waals surface area contributed by atoms with Crippen LogP contribution in [0.25, 0.3) is 0 Å². The van der Waals surface area contributed by atoms with E-state index >= 15 is 0 Å². The van der Waals surface area contributed by atoms with Gasteiger partial charge in [0.05, 0.1) is 6.10 Å². The lowest BCUT2D eigenvalue weighted by Gasteiger charge is -2.27. The van der Waals surface area contributed by atoms with Crippen molar-refractivity contribution < 1.29 is 5.11 Å². The van der Waals surface area contributed by atoms with Crippen molar-refractivity contribution in [2.45, 2.75) is 26.4 Å². The lowest BCUT2D eigenvalue weighted by molar-refractivity contribution is 0.199. The summed E-state index contributed by atoms with van der Waals surface area (Å²) in [6.07, 6.45) is 3.06. The van der Waals surface area contributed by atoms with Crippen LogP contribution >= 0.6 is 0 Å². The number of nitrogens with zero attached hydrogens (tertiary/aromatic N) is 1. The summed E-state index contributed by atoms with van der Waals surface area (Å²) in [5.74, 6) is 0. The van der Waals surface area contributed by atoms with Crippen LogP contribution in [0.15, 0.2) is 35.9 Å². The summed E-state index contributed by atoms with van der Waals surface area (Å²) in [4.78, 5) is 2.36. The molecule has 0 amide bonds. The molecule has 1 N–H and O–H groups in total. The minimum atomic E-state index is -0.377. The fourth-order valence-electron chi connectivity index (χ4n) is 1.97. The zero-order valence-electron chi connectivity index (χ0n) is 9.98. The third kappa shape index (κ3) is 2.45. The molecule has 0 fully saturated rings. The van der Waals surface area contributed by atoms with Crippen LogP contribution in [0.4, 0.5) is 5.69 Å². The molecule has 0 aromatic heterocycles. The highest BCUT2D eigenvalue weighted by Crippen LogP contribution is 2.21. The van der Waals surface area contributed by atoms with Crippen LogP contribution in [0.1, 0.15) is 31.9 Å². The Morgan fingerprint density at radius 1 is 1.25 bits per heavy atom. The molecule has 1 aromatic carbocycles. The van der Waals surface area contributed by atoms with Crippen LogP contribution < -0.4 is 4.90 Å². The average molecular weight is 217 g/mol. The maximum absolute atomic E-state index is 9.44. The maximum Gasteiger partial charge on any atom is 0.0761 e. The third-order valence-electron chi connectivity index (χ3n) is 3.18. The molecule has 0 radical (unpaired) electrons. The summed E-state index contributed by atoms with van der Waals surface area (Å²) in [5.41, 5.74) is 3.71. The number of hydrogen-bond donors (Lipinski definition) is 1. The fraction of sp³-hybridized carbons (Fsp3) is 0.429. The Morgan fingerprint density at radius 2 is 1.94 bits per heavy atom. The van der Waals surface area contributed by atoms with Crippen LogP contribution in [0, 0.1) is 0 Å². The van der Waals surface area contributed by atoms with Gasteiger partial charge in [0.2, 0.25) is 0 Å². The molecule has 1 heterocycles. The van der Waals surface area contributed by atoms with Crippen LogP contribution in [0.3, 0.4) is 0 Å². The highest BCUT2D eigenvalue weighted by molar-refractivity contribution is 5.49. The fourth-order valence-corrected chi connectivity index (χ4v) is 1.97. The monoisotopic (exact) mass is 217 g/mol. The Morgan fingerprint density at radius 3 is 2.44 bits per heavy atom. The predicted octanol–water partition coefficient (Wildman–Crippen LogP) is 2.90. The van der Waals surface area contributed by atoms with Gasteiger partial charge in [-0.15, -0.1) is 0 Å². The smallest absolute Gasteiger partial charge is 0.0761 e. The Balaban J connectivity index is 2.10. The number of benzene rings is 1. The van der Waals surface area contributed by atoms with Crippen LogP contribution in [0.5, 0.6) is 0 Å². The summed E-state index contributed by atoms with van der Waals surface area (Å²) in [5, 5.41) is 9.44. The second-order valence-electron chi connectivity index (χ2n) is 4.51. The molecule has 0 saturated heterocycles. The van der Waals surface area contributed by atoms with E-state index in [0.717, 1.165) is 25.1 Å². The maximum atomic E-state index is 9.44. The highest BCUT2D eigenvalue weighted by Gasteiger charge is 2.10. The van der Waals surface area contributed by atoms with E-state index in [2.05, 4.69) is 30.0 Å². The molecule has 0 aliphatic carbocycles. The SMILES string of the molecule is CC1=CCN(c2ccc([C@@H](C)O)cc2)CC1. The molecule has 1 aliphatic rings. The molecule has 0 spiro atoms. The first-order valence-corrected chi connectivity index (χ1v) is 5.85. The molecule has 0 bridgehead atoms. The molecule has 2 heteroatoms. The molecular formula is C14H19NO. The molecule has 1 atom stereocenters. The number of rotatable bonds is 2. The van der Waals surface area contributed by atoms with E-state index in [4.69, 9.17) is 0 Å². The molecule has 2 rings (SSSR count). The number of aliphatic hydroxyl groups is 1. The number of hydrogen-bond acceptors (Lipinski definition) is 2. The predicted molar refractivity (Wildman–Crippen MR) is 67.7 cm³/mol. The van der Waals surface area contributed by atoms with Crippen molar-refractivity contribution in [1.29, 1.82) is 0 Å². The van der Waals surface area contributed by atoms with Gasteiger partial charge in [-0.25, -0.2) is 0 Å². The van der Waals surface area contributed by atoms with Crippen molar-refractivity contribution in [3.05, 3.63) is 41.5 Å². The molecule has 0 unspecified atom stereocenters. The number of anilines is 1. The summed E-state index contributed by atoms with van der Waals surface area (Å²) in [6, 6.07) is 8.20. The quantitative estimate of drug-likeness (QED) is 0.770. The zero-order valence-corrected chi connectivity index (χ0v) is 9.98. The van der Waals surface area contributed by atoms with E-state index in [1.807, 2.05) is 12.1 Å². The van der Waals surface area contributed by atoms with Gasteiger partial charge in [-0.2, -0.15) is 0 Å². The van der Waals surface area contributed by atoms with Crippen molar-refractivity contribution in [3.8, 4) is 0 Å². The normalized spacial score (nSPS) is 18.2. The van der Waals surface area contributed by atoms with Gasteiger partial charge in [-0.05, 0) is 38.0 Å². The Bertz CT molecular complexity index is 378. The average Bonchev–Trinajstić information content (AvgIpc) is 2.30. The summed E-state index contributed by atoms with van der Waals surface area (Å²) >= 11 is 0. The summed E-state index contributed by atoms with van der Waals surface area (Å²) in [7, 11) is 0. The third-order valence-corrected chi connectivity index (χ3v) is 3.18. The molecule has 86 valence electrons.